The van der Waals surface area contributed by atoms with Gasteiger partial charge in [0.05, 0.1) is 11.0 Å². The van der Waals surface area contributed by atoms with Crippen molar-refractivity contribution in [3.8, 4) is 0 Å². The fourth-order valence-corrected chi connectivity index (χ4v) is 3.88. The Bertz CT molecular complexity index is 747. The molecule has 2 aliphatic heterocycles. The Labute approximate surface area is 134 Å². The molecule has 0 aliphatic carbocycles. The van der Waals surface area contributed by atoms with Gasteiger partial charge in [-0.25, -0.2) is 8.42 Å². The van der Waals surface area contributed by atoms with Crippen LogP contribution in [0.5, 0.6) is 0 Å². The second-order valence-electron chi connectivity index (χ2n) is 5.56. The van der Waals surface area contributed by atoms with E-state index in [1.165, 1.54) is 6.07 Å². The topological polar surface area (TPSA) is 120 Å². The zero-order valence-electron chi connectivity index (χ0n) is 12.3. The summed E-state index contributed by atoms with van der Waals surface area (Å²) in [5.74, 6) is -0.157. The molecule has 4 N–H and O–H groups in total. The SMILES string of the molecule is O=C(CN=C1NS(=O)(=O)c2ccccc21)NCC1CNCC1O. The monoisotopic (exact) mass is 338 g/mol. The van der Waals surface area contributed by atoms with Crippen LogP contribution in [-0.2, 0) is 14.8 Å². The summed E-state index contributed by atoms with van der Waals surface area (Å²) in [6, 6.07) is 6.49. The quantitative estimate of drug-likeness (QED) is 0.528. The van der Waals surface area contributed by atoms with E-state index in [1.807, 2.05) is 0 Å². The van der Waals surface area contributed by atoms with Gasteiger partial charge in [-0.3, -0.25) is 14.5 Å². The number of aliphatic hydroxyl groups is 1. The summed E-state index contributed by atoms with van der Waals surface area (Å²) >= 11 is 0. The number of rotatable bonds is 4. The molecular weight excluding hydrogens is 320 g/mol. The van der Waals surface area contributed by atoms with E-state index < -0.39 is 16.1 Å². The van der Waals surface area contributed by atoms with Crippen LogP contribution in [0.1, 0.15) is 5.56 Å². The molecule has 2 atom stereocenters. The molecule has 2 aliphatic rings. The summed E-state index contributed by atoms with van der Waals surface area (Å²) in [4.78, 5) is 16.1. The molecule has 1 saturated heterocycles. The van der Waals surface area contributed by atoms with Crippen molar-refractivity contribution in [3.63, 3.8) is 0 Å². The number of carbonyl (C=O) groups excluding carboxylic acids is 1. The number of amidine groups is 1. The van der Waals surface area contributed by atoms with Gasteiger partial charge in [-0.1, -0.05) is 12.1 Å². The fourth-order valence-electron chi connectivity index (χ4n) is 2.63. The number of benzene rings is 1. The first-order valence-corrected chi connectivity index (χ1v) is 8.78. The lowest BCUT2D eigenvalue weighted by atomic mass is 10.1. The maximum Gasteiger partial charge on any atom is 0.263 e. The number of nitrogens with one attached hydrogen (secondary N) is 3. The number of fused-ring (bicyclic) bond motifs is 1. The van der Waals surface area contributed by atoms with Crippen LogP contribution in [0.2, 0.25) is 0 Å². The number of hydrogen-bond donors (Lipinski definition) is 4. The zero-order chi connectivity index (χ0) is 16.4. The summed E-state index contributed by atoms with van der Waals surface area (Å²) in [5.41, 5.74) is 0.468. The molecular formula is C14H18N4O4S. The van der Waals surface area contributed by atoms with Crippen LogP contribution in [0.25, 0.3) is 0 Å². The number of carbonyl (C=O) groups is 1. The van der Waals surface area contributed by atoms with Gasteiger partial charge in [0.2, 0.25) is 5.91 Å². The fraction of sp³-hybridized carbons (Fsp3) is 0.429. The molecule has 124 valence electrons. The molecule has 3 rings (SSSR count). The van der Waals surface area contributed by atoms with Crippen molar-refractivity contribution >= 4 is 21.8 Å². The number of sulfonamides is 1. The Morgan fingerprint density at radius 2 is 2.13 bits per heavy atom. The molecule has 8 nitrogen and oxygen atoms in total. The van der Waals surface area contributed by atoms with Gasteiger partial charge < -0.3 is 15.7 Å². The largest absolute Gasteiger partial charge is 0.391 e. The van der Waals surface area contributed by atoms with Gasteiger partial charge in [0.1, 0.15) is 12.4 Å². The number of aliphatic hydroxyl groups excluding tert-OH is 1. The van der Waals surface area contributed by atoms with Crippen LogP contribution >= 0.6 is 0 Å². The van der Waals surface area contributed by atoms with Crippen LogP contribution in [0, 0.1) is 5.92 Å². The minimum absolute atomic E-state index is 0.0164. The molecule has 1 amide bonds. The number of hydrogen-bond acceptors (Lipinski definition) is 6. The Morgan fingerprint density at radius 1 is 1.35 bits per heavy atom. The third-order valence-electron chi connectivity index (χ3n) is 3.91. The second-order valence-corrected chi connectivity index (χ2v) is 7.21. The van der Waals surface area contributed by atoms with E-state index in [0.29, 0.717) is 25.2 Å². The summed E-state index contributed by atoms with van der Waals surface area (Å²) in [7, 11) is -3.59. The summed E-state index contributed by atoms with van der Waals surface area (Å²) in [5, 5.41) is 15.4. The maximum absolute atomic E-state index is 11.9. The molecule has 0 saturated carbocycles. The first-order chi connectivity index (χ1) is 11.0. The lowest BCUT2D eigenvalue weighted by Gasteiger charge is -2.13. The van der Waals surface area contributed by atoms with Crippen molar-refractivity contribution < 1.29 is 18.3 Å². The van der Waals surface area contributed by atoms with E-state index in [-0.39, 0.29) is 29.1 Å². The van der Waals surface area contributed by atoms with Crippen molar-refractivity contribution in [2.45, 2.75) is 11.0 Å². The number of β-amino-alcohol motifs (C(OH)–C–C–N with tert-alkyl or cyclic N) is 1. The van der Waals surface area contributed by atoms with Crippen molar-refractivity contribution in [1.29, 1.82) is 0 Å². The van der Waals surface area contributed by atoms with Crippen LogP contribution in [0.3, 0.4) is 0 Å². The van der Waals surface area contributed by atoms with Gasteiger partial charge >= 0.3 is 0 Å². The number of amides is 1. The van der Waals surface area contributed by atoms with E-state index in [2.05, 4.69) is 20.3 Å². The lowest BCUT2D eigenvalue weighted by molar-refractivity contribution is -0.119. The lowest BCUT2D eigenvalue weighted by Crippen LogP contribution is -2.36. The summed E-state index contributed by atoms with van der Waals surface area (Å²) in [6.07, 6.45) is -0.463. The van der Waals surface area contributed by atoms with Gasteiger partial charge in [-0.15, -0.1) is 0 Å². The smallest absolute Gasteiger partial charge is 0.263 e. The minimum Gasteiger partial charge on any atom is -0.391 e. The number of aliphatic imine (C=N–C) groups is 1. The van der Waals surface area contributed by atoms with Gasteiger partial charge in [-0.05, 0) is 12.1 Å². The van der Waals surface area contributed by atoms with Gasteiger partial charge in [0, 0.05) is 31.1 Å². The summed E-state index contributed by atoms with van der Waals surface area (Å²) < 4.78 is 26.2. The van der Waals surface area contributed by atoms with Gasteiger partial charge in [0.25, 0.3) is 10.0 Å². The van der Waals surface area contributed by atoms with Crippen LogP contribution in [-0.4, -0.2) is 57.6 Å². The second kappa shape index (κ2) is 6.26. The number of nitrogens with zero attached hydrogens (tertiary/aromatic N) is 1. The highest BCUT2D eigenvalue weighted by atomic mass is 32.2. The molecule has 0 bridgehead atoms. The molecule has 2 unspecified atom stereocenters. The third kappa shape index (κ3) is 3.36. The maximum atomic E-state index is 11.9. The zero-order valence-corrected chi connectivity index (χ0v) is 13.1. The minimum atomic E-state index is -3.59. The van der Waals surface area contributed by atoms with Crippen LogP contribution in [0.4, 0.5) is 0 Å². The standard InChI is InChI=1S/C14H18N4O4S/c19-11-7-15-5-9(11)6-16-13(20)8-17-14-10-3-1-2-4-12(10)23(21,22)18-14/h1-4,9,11,15,19H,5-8H2,(H,16,20)(H,17,18). The van der Waals surface area contributed by atoms with Crippen LogP contribution < -0.4 is 15.4 Å². The highest BCUT2D eigenvalue weighted by molar-refractivity contribution is 7.90. The first kappa shape index (κ1) is 15.9. The van der Waals surface area contributed by atoms with Crippen molar-refractivity contribution in [1.82, 2.24) is 15.4 Å². The molecule has 2 heterocycles. The van der Waals surface area contributed by atoms with Crippen molar-refractivity contribution in [2.24, 2.45) is 10.9 Å². The molecule has 1 aromatic carbocycles. The van der Waals surface area contributed by atoms with Crippen LogP contribution in [0.15, 0.2) is 34.2 Å². The predicted molar refractivity (Wildman–Crippen MR) is 83.5 cm³/mol. The van der Waals surface area contributed by atoms with Crippen molar-refractivity contribution in [2.75, 3.05) is 26.2 Å². The van der Waals surface area contributed by atoms with Crippen molar-refractivity contribution in [3.05, 3.63) is 29.8 Å². The highest BCUT2D eigenvalue weighted by Crippen LogP contribution is 2.21. The Morgan fingerprint density at radius 3 is 2.87 bits per heavy atom. The Kier molecular flexibility index (Phi) is 4.33. The molecule has 9 heteroatoms. The average molecular weight is 338 g/mol. The predicted octanol–water partition coefficient (Wildman–Crippen LogP) is -1.58. The summed E-state index contributed by atoms with van der Waals surface area (Å²) in [6.45, 7) is 1.37. The van der Waals surface area contributed by atoms with E-state index >= 15 is 0 Å². The van der Waals surface area contributed by atoms with E-state index in [9.17, 15) is 18.3 Å². The average Bonchev–Trinajstić information content (AvgIpc) is 3.05. The highest BCUT2D eigenvalue weighted by Gasteiger charge is 2.30. The molecule has 1 aromatic rings. The van der Waals surface area contributed by atoms with E-state index in [1.54, 1.807) is 18.2 Å². The van der Waals surface area contributed by atoms with Gasteiger partial charge in [-0.2, -0.15) is 0 Å². The third-order valence-corrected chi connectivity index (χ3v) is 5.31. The Balaban J connectivity index is 1.61. The molecule has 0 spiro atoms. The molecule has 23 heavy (non-hydrogen) atoms. The molecule has 0 radical (unpaired) electrons. The molecule has 1 fully saturated rings. The normalized spacial score (nSPS) is 26.7. The van der Waals surface area contributed by atoms with E-state index in [4.69, 9.17) is 0 Å². The first-order valence-electron chi connectivity index (χ1n) is 7.29. The Hall–Kier alpha value is -1.97. The van der Waals surface area contributed by atoms with E-state index in [0.717, 1.165) is 0 Å². The van der Waals surface area contributed by atoms with Gasteiger partial charge in [0.15, 0.2) is 0 Å². The molecule has 0 aromatic heterocycles.